The van der Waals surface area contributed by atoms with E-state index in [1.165, 1.54) is 30.0 Å². The maximum Gasteiger partial charge on any atom is 0.322 e. The van der Waals surface area contributed by atoms with E-state index in [0.29, 0.717) is 17.2 Å². The van der Waals surface area contributed by atoms with Gasteiger partial charge in [-0.1, -0.05) is 5.21 Å². The number of amides is 3. The highest BCUT2D eigenvalue weighted by Gasteiger charge is 2.12. The smallest absolute Gasteiger partial charge is 0.322 e. The van der Waals surface area contributed by atoms with Crippen molar-refractivity contribution < 1.29 is 19.1 Å². The molecule has 0 unspecified atom stereocenters. The molecule has 0 atom stereocenters. The summed E-state index contributed by atoms with van der Waals surface area (Å²) in [5, 5.41) is 12.9. The summed E-state index contributed by atoms with van der Waals surface area (Å²) in [7, 11) is 6.25. The lowest BCUT2D eigenvalue weighted by atomic mass is 10.2. The summed E-state index contributed by atoms with van der Waals surface area (Å²) >= 11 is 0. The molecule has 0 aliphatic rings. The monoisotopic (exact) mass is 348 g/mol. The average Bonchev–Trinajstić information content (AvgIpc) is 3.01. The van der Waals surface area contributed by atoms with Crippen molar-refractivity contribution in [3.05, 3.63) is 24.4 Å². The predicted octanol–water partition coefficient (Wildman–Crippen LogP) is 1.03. The maximum absolute atomic E-state index is 12.2. The minimum absolute atomic E-state index is 0.0782. The van der Waals surface area contributed by atoms with Gasteiger partial charge in [0.15, 0.2) is 5.82 Å². The first kappa shape index (κ1) is 18.0. The minimum atomic E-state index is -0.336. The minimum Gasteiger partial charge on any atom is -0.497 e. The molecule has 2 aromatic rings. The van der Waals surface area contributed by atoms with E-state index in [9.17, 15) is 9.59 Å². The van der Waals surface area contributed by atoms with Gasteiger partial charge in [0.2, 0.25) is 5.91 Å². The van der Waals surface area contributed by atoms with E-state index < -0.39 is 0 Å². The number of ether oxygens (including phenoxy) is 2. The fraction of sp³-hybridized carbons (Fsp3) is 0.333. The first-order chi connectivity index (χ1) is 11.9. The van der Waals surface area contributed by atoms with Gasteiger partial charge in [-0.25, -0.2) is 9.48 Å². The van der Waals surface area contributed by atoms with Gasteiger partial charge in [-0.2, -0.15) is 0 Å². The van der Waals surface area contributed by atoms with Crippen LogP contribution in [0.5, 0.6) is 11.5 Å². The molecule has 0 bridgehead atoms. The maximum atomic E-state index is 12.2. The van der Waals surface area contributed by atoms with Crippen molar-refractivity contribution >= 4 is 23.4 Å². The van der Waals surface area contributed by atoms with E-state index >= 15 is 0 Å². The van der Waals surface area contributed by atoms with Crippen LogP contribution in [0.1, 0.15) is 0 Å². The Hall–Kier alpha value is -3.30. The highest BCUT2D eigenvalue weighted by atomic mass is 16.5. The zero-order valence-corrected chi connectivity index (χ0v) is 14.4. The zero-order chi connectivity index (χ0) is 18.4. The largest absolute Gasteiger partial charge is 0.497 e. The molecule has 25 heavy (non-hydrogen) atoms. The van der Waals surface area contributed by atoms with Crippen LogP contribution in [0.15, 0.2) is 24.4 Å². The molecule has 134 valence electrons. The third kappa shape index (κ3) is 4.83. The molecule has 2 N–H and O–H groups in total. The first-order valence-electron chi connectivity index (χ1n) is 7.33. The van der Waals surface area contributed by atoms with Crippen LogP contribution in [0.4, 0.5) is 16.3 Å². The van der Waals surface area contributed by atoms with E-state index in [1.807, 2.05) is 0 Å². The van der Waals surface area contributed by atoms with Gasteiger partial charge in [-0.15, -0.1) is 5.10 Å². The van der Waals surface area contributed by atoms with Gasteiger partial charge >= 0.3 is 6.03 Å². The summed E-state index contributed by atoms with van der Waals surface area (Å²) in [5.41, 5.74) is 0.480. The van der Waals surface area contributed by atoms with Crippen molar-refractivity contribution in [1.29, 1.82) is 0 Å². The molecular weight excluding hydrogens is 328 g/mol. The number of anilines is 2. The molecule has 1 heterocycles. The number of methoxy groups -OCH3 is 2. The highest BCUT2D eigenvalue weighted by molar-refractivity contribution is 5.92. The lowest BCUT2D eigenvalue weighted by Gasteiger charge is -2.11. The Morgan fingerprint density at radius 3 is 2.60 bits per heavy atom. The molecule has 0 radical (unpaired) electrons. The van der Waals surface area contributed by atoms with E-state index in [0.717, 1.165) is 0 Å². The van der Waals surface area contributed by atoms with Crippen molar-refractivity contribution in [3.8, 4) is 11.5 Å². The Bertz CT molecular complexity index is 758. The molecule has 2 rings (SSSR count). The molecule has 1 aromatic carbocycles. The van der Waals surface area contributed by atoms with E-state index in [2.05, 4.69) is 20.9 Å². The van der Waals surface area contributed by atoms with Gasteiger partial charge < -0.3 is 19.7 Å². The fourth-order valence-electron chi connectivity index (χ4n) is 1.90. The van der Waals surface area contributed by atoms with Gasteiger partial charge in [0.05, 0.1) is 26.1 Å². The number of nitrogens with one attached hydrogen (secondary N) is 2. The molecule has 0 saturated heterocycles. The van der Waals surface area contributed by atoms with Gasteiger partial charge in [0.25, 0.3) is 0 Å². The Labute approximate surface area is 144 Å². The van der Waals surface area contributed by atoms with Crippen LogP contribution < -0.4 is 20.1 Å². The topological polar surface area (TPSA) is 111 Å². The number of benzene rings is 1. The summed E-state index contributed by atoms with van der Waals surface area (Å²) in [4.78, 5) is 25.1. The number of carbonyl (C=O) groups excluding carboxylic acids is 2. The SMILES string of the molecule is COc1ccc(OC)c(NC(=O)Cn2cc(NC(=O)N(C)C)nn2)c1. The number of aromatic nitrogens is 3. The molecular formula is C15H20N6O4. The third-order valence-corrected chi connectivity index (χ3v) is 3.17. The van der Waals surface area contributed by atoms with E-state index in [1.54, 1.807) is 32.3 Å². The number of nitrogens with zero attached hydrogens (tertiary/aromatic N) is 4. The summed E-state index contributed by atoms with van der Waals surface area (Å²) in [5.74, 6) is 1.02. The van der Waals surface area contributed by atoms with Crippen LogP contribution in [0.25, 0.3) is 0 Å². The van der Waals surface area contributed by atoms with E-state index in [4.69, 9.17) is 9.47 Å². The van der Waals surface area contributed by atoms with E-state index in [-0.39, 0.29) is 24.3 Å². The lowest BCUT2D eigenvalue weighted by molar-refractivity contribution is -0.116. The Morgan fingerprint density at radius 2 is 1.96 bits per heavy atom. The van der Waals surface area contributed by atoms with Crippen molar-refractivity contribution in [2.24, 2.45) is 0 Å². The first-order valence-corrected chi connectivity index (χ1v) is 7.33. The van der Waals surface area contributed by atoms with Crippen molar-refractivity contribution in [3.63, 3.8) is 0 Å². The van der Waals surface area contributed by atoms with Crippen molar-refractivity contribution in [1.82, 2.24) is 19.9 Å². The zero-order valence-electron chi connectivity index (χ0n) is 14.4. The molecule has 0 fully saturated rings. The van der Waals surface area contributed by atoms with Crippen LogP contribution in [0.3, 0.4) is 0 Å². The van der Waals surface area contributed by atoms with Gasteiger partial charge in [-0.3, -0.25) is 10.1 Å². The predicted molar refractivity (Wildman–Crippen MR) is 90.9 cm³/mol. The lowest BCUT2D eigenvalue weighted by Crippen LogP contribution is -2.27. The van der Waals surface area contributed by atoms with Gasteiger partial charge in [0, 0.05) is 20.2 Å². The molecule has 1 aromatic heterocycles. The average molecular weight is 348 g/mol. The van der Waals surface area contributed by atoms with Crippen LogP contribution in [-0.2, 0) is 11.3 Å². The van der Waals surface area contributed by atoms with Crippen LogP contribution in [-0.4, -0.2) is 60.1 Å². The van der Waals surface area contributed by atoms with Crippen molar-refractivity contribution in [2.75, 3.05) is 38.9 Å². The van der Waals surface area contributed by atoms with Crippen LogP contribution >= 0.6 is 0 Å². The highest BCUT2D eigenvalue weighted by Crippen LogP contribution is 2.28. The second-order valence-electron chi connectivity index (χ2n) is 5.24. The molecule has 10 heteroatoms. The Balaban J connectivity index is 2.01. The molecule has 3 amide bonds. The summed E-state index contributed by atoms with van der Waals surface area (Å²) in [6, 6.07) is 4.74. The molecule has 10 nitrogen and oxygen atoms in total. The van der Waals surface area contributed by atoms with Crippen LogP contribution in [0.2, 0.25) is 0 Å². The Kier molecular flexibility index (Phi) is 5.77. The standard InChI is InChI=1S/C15H20N6O4/c1-20(2)15(23)17-13-8-21(19-18-13)9-14(22)16-11-7-10(24-3)5-6-12(11)25-4/h5-8H,9H2,1-4H3,(H,16,22)(H,17,23). The third-order valence-electron chi connectivity index (χ3n) is 3.17. The summed E-state index contributed by atoms with van der Waals surface area (Å²) in [6.45, 7) is -0.0782. The number of hydrogen-bond acceptors (Lipinski definition) is 6. The van der Waals surface area contributed by atoms with Gasteiger partial charge in [-0.05, 0) is 12.1 Å². The number of rotatable bonds is 6. The molecule has 0 aliphatic carbocycles. The molecule has 0 spiro atoms. The van der Waals surface area contributed by atoms with Crippen molar-refractivity contribution in [2.45, 2.75) is 6.54 Å². The Morgan fingerprint density at radius 1 is 1.20 bits per heavy atom. The summed E-state index contributed by atoms with van der Waals surface area (Å²) in [6.07, 6.45) is 1.46. The number of urea groups is 1. The molecule has 0 aliphatic heterocycles. The van der Waals surface area contributed by atoms with Gasteiger partial charge in [0.1, 0.15) is 18.0 Å². The number of hydrogen-bond donors (Lipinski definition) is 2. The van der Waals surface area contributed by atoms with Crippen LogP contribution in [0, 0.1) is 0 Å². The fourth-order valence-corrected chi connectivity index (χ4v) is 1.90. The second kappa shape index (κ2) is 7.99. The number of carbonyl (C=O) groups is 2. The quantitative estimate of drug-likeness (QED) is 0.807. The second-order valence-corrected chi connectivity index (χ2v) is 5.24. The normalized spacial score (nSPS) is 10.1. The summed E-state index contributed by atoms with van der Waals surface area (Å²) < 4.78 is 11.7. The molecule has 0 saturated carbocycles.